The number of anilines is 1. The topological polar surface area (TPSA) is 64.4 Å². The number of carbonyl (C=O) groups is 1. The Morgan fingerprint density at radius 1 is 1.25 bits per heavy atom. The van der Waals surface area contributed by atoms with Crippen molar-refractivity contribution in [3.8, 4) is 5.75 Å². The van der Waals surface area contributed by atoms with E-state index in [-0.39, 0.29) is 11.7 Å². The van der Waals surface area contributed by atoms with Crippen molar-refractivity contribution in [2.45, 2.75) is 0 Å². The SMILES string of the molecule is COc1ccc2nc(NC(=O)c3cc4cc(Br)ccc4o3)sc2c1. The number of furan rings is 1. The average Bonchev–Trinajstić information content (AvgIpc) is 3.16. The first kappa shape index (κ1) is 15.2. The van der Waals surface area contributed by atoms with Crippen LogP contribution in [-0.2, 0) is 0 Å². The van der Waals surface area contributed by atoms with Gasteiger partial charge in [0, 0.05) is 9.86 Å². The van der Waals surface area contributed by atoms with E-state index in [1.54, 1.807) is 13.2 Å². The van der Waals surface area contributed by atoms with Gasteiger partial charge in [-0.2, -0.15) is 0 Å². The number of aromatic nitrogens is 1. The summed E-state index contributed by atoms with van der Waals surface area (Å²) in [7, 11) is 1.62. The van der Waals surface area contributed by atoms with Crippen molar-refractivity contribution < 1.29 is 13.9 Å². The number of halogens is 1. The molecule has 0 atom stereocenters. The van der Waals surface area contributed by atoms with Crippen molar-refractivity contribution >= 4 is 59.5 Å². The fraction of sp³-hybridized carbons (Fsp3) is 0.0588. The highest BCUT2D eigenvalue weighted by atomic mass is 79.9. The van der Waals surface area contributed by atoms with Gasteiger partial charge in [-0.25, -0.2) is 4.98 Å². The molecule has 1 N–H and O–H groups in total. The third-order valence-electron chi connectivity index (χ3n) is 3.52. The van der Waals surface area contributed by atoms with Gasteiger partial charge in [0.1, 0.15) is 11.3 Å². The van der Waals surface area contributed by atoms with E-state index in [0.29, 0.717) is 10.7 Å². The van der Waals surface area contributed by atoms with Gasteiger partial charge in [-0.3, -0.25) is 10.1 Å². The second kappa shape index (κ2) is 5.92. The minimum absolute atomic E-state index is 0.250. The van der Waals surface area contributed by atoms with Crippen LogP contribution in [0, 0.1) is 0 Å². The van der Waals surface area contributed by atoms with E-state index in [9.17, 15) is 4.79 Å². The highest BCUT2D eigenvalue weighted by molar-refractivity contribution is 9.10. The van der Waals surface area contributed by atoms with Crippen LogP contribution in [0.5, 0.6) is 5.75 Å². The van der Waals surface area contributed by atoms with Gasteiger partial charge in [0.05, 0.1) is 17.3 Å². The Morgan fingerprint density at radius 2 is 2.12 bits per heavy atom. The van der Waals surface area contributed by atoms with Crippen LogP contribution in [-0.4, -0.2) is 18.0 Å². The maximum absolute atomic E-state index is 12.4. The van der Waals surface area contributed by atoms with Crippen molar-refractivity contribution in [1.29, 1.82) is 0 Å². The zero-order valence-electron chi connectivity index (χ0n) is 12.5. The molecule has 0 aliphatic carbocycles. The zero-order chi connectivity index (χ0) is 16.7. The molecule has 0 unspecified atom stereocenters. The second-order valence-corrected chi connectivity index (χ2v) is 7.05. The lowest BCUT2D eigenvalue weighted by molar-refractivity contribution is 0.0998. The molecule has 1 amide bonds. The van der Waals surface area contributed by atoms with Crippen LogP contribution in [0.25, 0.3) is 21.2 Å². The van der Waals surface area contributed by atoms with Crippen molar-refractivity contribution in [1.82, 2.24) is 4.98 Å². The van der Waals surface area contributed by atoms with Gasteiger partial charge in [-0.1, -0.05) is 27.3 Å². The molecule has 0 aliphatic heterocycles. The van der Waals surface area contributed by atoms with Gasteiger partial charge in [0.15, 0.2) is 10.9 Å². The standard InChI is InChI=1S/C17H11BrN2O3S/c1-22-11-3-4-12-15(8-11)24-17(19-12)20-16(21)14-7-9-6-10(18)2-5-13(9)23-14/h2-8H,1H3,(H,19,20,21). The fourth-order valence-corrected chi connectivity index (χ4v) is 3.64. The van der Waals surface area contributed by atoms with Crippen molar-refractivity contribution in [2.24, 2.45) is 0 Å². The summed E-state index contributed by atoms with van der Waals surface area (Å²) < 4.78 is 12.7. The Morgan fingerprint density at radius 3 is 2.96 bits per heavy atom. The number of nitrogens with one attached hydrogen (secondary N) is 1. The van der Waals surface area contributed by atoms with Gasteiger partial charge < -0.3 is 9.15 Å². The monoisotopic (exact) mass is 402 g/mol. The van der Waals surface area contributed by atoms with E-state index in [1.165, 1.54) is 11.3 Å². The van der Waals surface area contributed by atoms with E-state index in [0.717, 1.165) is 25.8 Å². The minimum Gasteiger partial charge on any atom is -0.497 e. The molecule has 0 radical (unpaired) electrons. The molecule has 24 heavy (non-hydrogen) atoms. The number of ether oxygens (including phenoxy) is 1. The van der Waals surface area contributed by atoms with Crippen molar-refractivity contribution in [2.75, 3.05) is 12.4 Å². The molecule has 120 valence electrons. The van der Waals surface area contributed by atoms with Gasteiger partial charge in [0.25, 0.3) is 5.91 Å². The van der Waals surface area contributed by atoms with Crippen LogP contribution in [0.3, 0.4) is 0 Å². The normalized spacial score (nSPS) is 11.1. The summed E-state index contributed by atoms with van der Waals surface area (Å²) in [6, 6.07) is 12.9. The molecular formula is C17H11BrN2O3S. The number of hydrogen-bond acceptors (Lipinski definition) is 5. The Balaban J connectivity index is 1.62. The molecule has 0 saturated carbocycles. The summed E-state index contributed by atoms with van der Waals surface area (Å²) in [6.07, 6.45) is 0. The van der Waals surface area contributed by atoms with E-state index < -0.39 is 0 Å². The molecule has 0 spiro atoms. The molecule has 2 heterocycles. The Labute approximate surface area is 149 Å². The molecule has 0 aliphatic rings. The first-order valence-electron chi connectivity index (χ1n) is 7.07. The Kier molecular flexibility index (Phi) is 3.74. The molecule has 5 nitrogen and oxygen atoms in total. The Hall–Kier alpha value is -2.38. The number of fused-ring (bicyclic) bond motifs is 2. The summed E-state index contributed by atoms with van der Waals surface area (Å²) in [6.45, 7) is 0. The third kappa shape index (κ3) is 2.76. The number of thiazole rings is 1. The number of methoxy groups -OCH3 is 1. The highest BCUT2D eigenvalue weighted by Crippen LogP contribution is 2.30. The fourth-order valence-electron chi connectivity index (χ4n) is 2.37. The zero-order valence-corrected chi connectivity index (χ0v) is 14.9. The van der Waals surface area contributed by atoms with Gasteiger partial charge in [0.2, 0.25) is 0 Å². The van der Waals surface area contributed by atoms with Gasteiger partial charge >= 0.3 is 0 Å². The number of benzene rings is 2. The smallest absolute Gasteiger partial charge is 0.293 e. The van der Waals surface area contributed by atoms with Gasteiger partial charge in [-0.05, 0) is 42.5 Å². The molecular weight excluding hydrogens is 392 g/mol. The number of nitrogens with zero attached hydrogens (tertiary/aromatic N) is 1. The predicted molar refractivity (Wildman–Crippen MR) is 98.0 cm³/mol. The molecule has 0 fully saturated rings. The lowest BCUT2D eigenvalue weighted by Gasteiger charge is -1.96. The lowest BCUT2D eigenvalue weighted by atomic mass is 10.2. The minimum atomic E-state index is -0.326. The molecule has 4 rings (SSSR count). The Bertz CT molecular complexity index is 1070. The first-order chi connectivity index (χ1) is 11.6. The molecule has 2 aromatic carbocycles. The number of carbonyl (C=O) groups excluding carboxylic acids is 1. The molecule has 2 aromatic heterocycles. The van der Waals surface area contributed by atoms with Gasteiger partial charge in [-0.15, -0.1) is 0 Å². The van der Waals surface area contributed by atoms with E-state index in [2.05, 4.69) is 26.2 Å². The molecule has 4 aromatic rings. The number of hydrogen-bond donors (Lipinski definition) is 1. The summed E-state index contributed by atoms with van der Waals surface area (Å²) in [5, 5.41) is 4.17. The van der Waals surface area contributed by atoms with Crippen LogP contribution in [0.15, 0.2) is 51.4 Å². The van der Waals surface area contributed by atoms with E-state index in [1.807, 2.05) is 36.4 Å². The number of amides is 1. The van der Waals surface area contributed by atoms with E-state index >= 15 is 0 Å². The highest BCUT2D eigenvalue weighted by Gasteiger charge is 2.15. The summed E-state index contributed by atoms with van der Waals surface area (Å²) in [5.74, 6) is 0.681. The van der Waals surface area contributed by atoms with Crippen LogP contribution in [0.4, 0.5) is 5.13 Å². The predicted octanol–water partition coefficient (Wildman–Crippen LogP) is 5.07. The number of rotatable bonds is 3. The van der Waals surface area contributed by atoms with Crippen molar-refractivity contribution in [3.63, 3.8) is 0 Å². The van der Waals surface area contributed by atoms with Crippen LogP contribution in [0.1, 0.15) is 10.6 Å². The van der Waals surface area contributed by atoms with Crippen LogP contribution >= 0.6 is 27.3 Å². The van der Waals surface area contributed by atoms with Crippen LogP contribution < -0.4 is 10.1 Å². The third-order valence-corrected chi connectivity index (χ3v) is 4.95. The maximum Gasteiger partial charge on any atom is 0.293 e. The van der Waals surface area contributed by atoms with Crippen molar-refractivity contribution in [3.05, 3.63) is 52.7 Å². The lowest BCUT2D eigenvalue weighted by Crippen LogP contribution is -2.10. The quantitative estimate of drug-likeness (QED) is 0.519. The summed E-state index contributed by atoms with van der Waals surface area (Å²) in [4.78, 5) is 16.8. The summed E-state index contributed by atoms with van der Waals surface area (Å²) in [5.41, 5.74) is 1.47. The van der Waals surface area contributed by atoms with Crippen LogP contribution in [0.2, 0.25) is 0 Å². The second-order valence-electron chi connectivity index (χ2n) is 5.10. The largest absolute Gasteiger partial charge is 0.497 e. The average molecular weight is 403 g/mol. The first-order valence-corrected chi connectivity index (χ1v) is 8.68. The molecule has 0 bridgehead atoms. The molecule has 0 saturated heterocycles. The molecule has 7 heteroatoms. The van der Waals surface area contributed by atoms with E-state index in [4.69, 9.17) is 9.15 Å². The summed E-state index contributed by atoms with van der Waals surface area (Å²) >= 11 is 4.79. The maximum atomic E-state index is 12.4.